The van der Waals surface area contributed by atoms with E-state index in [2.05, 4.69) is 29.7 Å². The quantitative estimate of drug-likeness (QED) is 0.876. The summed E-state index contributed by atoms with van der Waals surface area (Å²) in [6.45, 7) is 2.93. The number of rotatable bonds is 5. The average Bonchev–Trinajstić information content (AvgIpc) is 2.80. The van der Waals surface area contributed by atoms with Crippen LogP contribution in [0.3, 0.4) is 0 Å². The van der Waals surface area contributed by atoms with Crippen molar-refractivity contribution in [1.29, 1.82) is 0 Å². The normalized spacial score (nSPS) is 10.5. The van der Waals surface area contributed by atoms with Gasteiger partial charge < -0.3 is 9.67 Å². The van der Waals surface area contributed by atoms with E-state index in [1.165, 1.54) is 5.56 Å². The first-order valence-corrected chi connectivity index (χ1v) is 6.18. The molecule has 0 saturated carbocycles. The number of aliphatic carboxylic acids is 1. The van der Waals surface area contributed by atoms with Crippen LogP contribution in [0.25, 0.3) is 11.3 Å². The van der Waals surface area contributed by atoms with Crippen LogP contribution in [0.4, 0.5) is 0 Å². The van der Waals surface area contributed by atoms with Gasteiger partial charge in [-0.05, 0) is 31.0 Å². The van der Waals surface area contributed by atoms with Crippen LogP contribution < -0.4 is 0 Å². The number of benzene rings is 1. The van der Waals surface area contributed by atoms with Gasteiger partial charge in [0.15, 0.2) is 0 Å². The number of hydrogen-bond acceptors (Lipinski definition) is 1. The zero-order valence-electron chi connectivity index (χ0n) is 10.5. The lowest BCUT2D eigenvalue weighted by Gasteiger charge is -2.10. The van der Waals surface area contributed by atoms with Crippen molar-refractivity contribution in [3.05, 3.63) is 48.2 Å². The fourth-order valence-electron chi connectivity index (χ4n) is 2.20. The van der Waals surface area contributed by atoms with Gasteiger partial charge in [-0.2, -0.15) is 0 Å². The van der Waals surface area contributed by atoms with Gasteiger partial charge in [0, 0.05) is 17.9 Å². The Hall–Kier alpha value is -2.03. The summed E-state index contributed by atoms with van der Waals surface area (Å²) in [5.41, 5.74) is 3.40. The highest BCUT2D eigenvalue weighted by Gasteiger charge is 2.09. The van der Waals surface area contributed by atoms with Crippen LogP contribution in [-0.2, 0) is 17.8 Å². The lowest BCUT2D eigenvalue weighted by Crippen LogP contribution is -2.05. The molecule has 2 aromatic rings. The highest BCUT2D eigenvalue weighted by Crippen LogP contribution is 2.23. The molecule has 0 bridgehead atoms. The molecule has 1 aromatic heterocycles. The minimum atomic E-state index is -0.750. The molecule has 94 valence electrons. The molecule has 0 amide bonds. The molecular weight excluding hydrogens is 226 g/mol. The van der Waals surface area contributed by atoms with Gasteiger partial charge in [-0.25, -0.2) is 0 Å². The van der Waals surface area contributed by atoms with Gasteiger partial charge in [0.1, 0.15) is 0 Å². The number of carboxylic acid groups (broad SMARTS) is 1. The first-order chi connectivity index (χ1) is 8.72. The molecule has 1 N–H and O–H groups in total. The zero-order chi connectivity index (χ0) is 13.0. The Bertz CT molecular complexity index is 529. The topological polar surface area (TPSA) is 42.2 Å². The monoisotopic (exact) mass is 243 g/mol. The lowest BCUT2D eigenvalue weighted by molar-refractivity contribution is -0.136. The van der Waals surface area contributed by atoms with Gasteiger partial charge in [0.2, 0.25) is 0 Å². The Morgan fingerprint density at radius 3 is 2.50 bits per heavy atom. The predicted octanol–water partition coefficient (Wildman–Crippen LogP) is 3.19. The third-order valence-electron chi connectivity index (χ3n) is 3.05. The molecule has 0 atom stereocenters. The summed E-state index contributed by atoms with van der Waals surface area (Å²) in [4.78, 5) is 10.6. The van der Waals surface area contributed by atoms with Gasteiger partial charge in [0.25, 0.3) is 0 Å². The molecule has 2 rings (SSSR count). The molecule has 1 aromatic carbocycles. The molecule has 3 nitrogen and oxygen atoms in total. The zero-order valence-corrected chi connectivity index (χ0v) is 10.5. The summed E-state index contributed by atoms with van der Waals surface area (Å²) in [5.74, 6) is -0.750. The Morgan fingerprint density at radius 2 is 1.89 bits per heavy atom. The van der Waals surface area contributed by atoms with Crippen molar-refractivity contribution in [3.63, 3.8) is 0 Å². The third kappa shape index (κ3) is 2.62. The largest absolute Gasteiger partial charge is 0.481 e. The summed E-state index contributed by atoms with van der Waals surface area (Å²) in [6, 6.07) is 14.3. The highest BCUT2D eigenvalue weighted by atomic mass is 16.4. The van der Waals surface area contributed by atoms with E-state index in [0.29, 0.717) is 6.42 Å². The van der Waals surface area contributed by atoms with Gasteiger partial charge in [0.05, 0.1) is 6.42 Å². The van der Waals surface area contributed by atoms with Gasteiger partial charge in [-0.15, -0.1) is 0 Å². The van der Waals surface area contributed by atoms with Crippen molar-refractivity contribution in [1.82, 2.24) is 4.57 Å². The van der Waals surface area contributed by atoms with E-state index >= 15 is 0 Å². The smallest absolute Gasteiger partial charge is 0.303 e. The Balaban J connectivity index is 2.30. The maximum atomic E-state index is 10.6. The molecule has 1 heterocycles. The van der Waals surface area contributed by atoms with Gasteiger partial charge in [-0.3, -0.25) is 4.79 Å². The molecule has 0 fully saturated rings. The van der Waals surface area contributed by atoms with Crippen molar-refractivity contribution in [3.8, 4) is 11.3 Å². The van der Waals surface area contributed by atoms with E-state index in [9.17, 15) is 4.79 Å². The molecule has 18 heavy (non-hydrogen) atoms. The van der Waals surface area contributed by atoms with Crippen molar-refractivity contribution < 1.29 is 9.90 Å². The summed E-state index contributed by atoms with van der Waals surface area (Å²) in [7, 11) is 0. The molecular formula is C15H17NO2. The van der Waals surface area contributed by atoms with E-state index in [0.717, 1.165) is 17.9 Å². The first-order valence-electron chi connectivity index (χ1n) is 6.18. The molecule has 0 aliphatic rings. The second kappa shape index (κ2) is 5.54. The summed E-state index contributed by atoms with van der Waals surface area (Å²) in [5, 5.41) is 8.75. The molecule has 0 aliphatic heterocycles. The second-order valence-electron chi connectivity index (χ2n) is 4.21. The van der Waals surface area contributed by atoms with Gasteiger partial charge in [-0.1, -0.05) is 30.3 Å². The van der Waals surface area contributed by atoms with E-state index < -0.39 is 5.97 Å². The maximum absolute atomic E-state index is 10.6. The van der Waals surface area contributed by atoms with Crippen LogP contribution in [0.15, 0.2) is 42.5 Å². The number of carboxylic acids is 1. The molecule has 0 radical (unpaired) electrons. The van der Waals surface area contributed by atoms with Crippen molar-refractivity contribution in [2.45, 2.75) is 26.3 Å². The highest BCUT2D eigenvalue weighted by molar-refractivity contribution is 5.67. The van der Waals surface area contributed by atoms with E-state index in [1.54, 1.807) is 0 Å². The first kappa shape index (κ1) is 12.4. The Kier molecular flexibility index (Phi) is 3.82. The molecule has 3 heteroatoms. The number of aromatic nitrogens is 1. The molecule has 0 aliphatic carbocycles. The number of nitrogens with zero attached hydrogens (tertiary/aromatic N) is 1. The summed E-state index contributed by atoms with van der Waals surface area (Å²) < 4.78 is 2.18. The van der Waals surface area contributed by atoms with E-state index in [4.69, 9.17) is 5.11 Å². The maximum Gasteiger partial charge on any atom is 0.303 e. The molecule has 0 spiro atoms. The lowest BCUT2D eigenvalue weighted by atomic mass is 10.1. The van der Waals surface area contributed by atoms with Crippen molar-refractivity contribution >= 4 is 5.97 Å². The van der Waals surface area contributed by atoms with Crippen LogP contribution >= 0.6 is 0 Å². The fraction of sp³-hybridized carbons (Fsp3) is 0.267. The van der Waals surface area contributed by atoms with E-state index in [-0.39, 0.29) is 6.42 Å². The van der Waals surface area contributed by atoms with Crippen LogP contribution in [-0.4, -0.2) is 15.6 Å². The van der Waals surface area contributed by atoms with E-state index in [1.807, 2.05) is 24.3 Å². The van der Waals surface area contributed by atoms with Crippen molar-refractivity contribution in [2.24, 2.45) is 0 Å². The SMILES string of the molecule is CCn1c(CCC(=O)O)ccc1-c1ccccc1. The Morgan fingerprint density at radius 1 is 1.17 bits per heavy atom. The number of carbonyl (C=O) groups is 1. The van der Waals surface area contributed by atoms with Crippen LogP contribution in [0.1, 0.15) is 19.0 Å². The van der Waals surface area contributed by atoms with Crippen molar-refractivity contribution in [2.75, 3.05) is 0 Å². The van der Waals surface area contributed by atoms with Crippen LogP contribution in [0.5, 0.6) is 0 Å². The predicted molar refractivity (Wildman–Crippen MR) is 71.5 cm³/mol. The fourth-order valence-corrected chi connectivity index (χ4v) is 2.20. The standard InChI is InChI=1S/C15H17NO2/c1-2-16-13(9-11-15(17)18)8-10-14(16)12-6-4-3-5-7-12/h3-8,10H,2,9,11H2,1H3,(H,17,18). The summed E-state index contributed by atoms with van der Waals surface area (Å²) in [6.07, 6.45) is 0.758. The molecule has 0 unspecified atom stereocenters. The minimum absolute atomic E-state index is 0.179. The third-order valence-corrected chi connectivity index (χ3v) is 3.05. The molecule has 0 saturated heterocycles. The minimum Gasteiger partial charge on any atom is -0.481 e. The number of aryl methyl sites for hydroxylation is 1. The average molecular weight is 243 g/mol. The summed E-state index contributed by atoms with van der Waals surface area (Å²) >= 11 is 0. The second-order valence-corrected chi connectivity index (χ2v) is 4.21. The van der Waals surface area contributed by atoms with Crippen LogP contribution in [0.2, 0.25) is 0 Å². The van der Waals surface area contributed by atoms with Crippen LogP contribution in [0, 0.1) is 0 Å². The number of hydrogen-bond donors (Lipinski definition) is 1. The van der Waals surface area contributed by atoms with Gasteiger partial charge >= 0.3 is 5.97 Å². The Labute approximate surface area is 107 Å².